The van der Waals surface area contributed by atoms with Gasteiger partial charge >= 0.3 is 12.2 Å². The fourth-order valence-electron chi connectivity index (χ4n) is 6.43. The topological polar surface area (TPSA) is 79.9 Å². The number of amides is 2. The third-order valence-corrected chi connectivity index (χ3v) is 8.32. The van der Waals surface area contributed by atoms with Crippen LogP contribution in [0.5, 0.6) is 0 Å². The normalized spacial score (nSPS) is 18.2. The molecule has 5 heterocycles. The third-order valence-electron chi connectivity index (χ3n) is 8.32. The number of aromatic nitrogens is 3. The van der Waals surface area contributed by atoms with Crippen LogP contribution in [0.1, 0.15) is 48.1 Å². The van der Waals surface area contributed by atoms with Gasteiger partial charge in [-0.1, -0.05) is 6.07 Å². The van der Waals surface area contributed by atoms with Crippen LogP contribution in [0.2, 0.25) is 0 Å². The lowest BCUT2D eigenvalue weighted by Crippen LogP contribution is -2.45. The van der Waals surface area contributed by atoms with Gasteiger partial charge < -0.3 is 14.4 Å². The van der Waals surface area contributed by atoms with Crippen molar-refractivity contribution < 1.29 is 27.6 Å². The molecule has 0 N–H and O–H groups in total. The van der Waals surface area contributed by atoms with Crippen molar-refractivity contribution in [3.05, 3.63) is 71.3 Å². The number of piperidine rings is 1. The Labute approximate surface area is 232 Å². The number of urea groups is 1. The van der Waals surface area contributed by atoms with Gasteiger partial charge in [-0.05, 0) is 49.1 Å². The van der Waals surface area contributed by atoms with Crippen LogP contribution < -0.4 is 0 Å². The molecule has 41 heavy (non-hydrogen) atoms. The fourth-order valence-corrected chi connectivity index (χ4v) is 6.43. The van der Waals surface area contributed by atoms with E-state index in [-0.39, 0.29) is 35.5 Å². The van der Waals surface area contributed by atoms with E-state index >= 15 is 0 Å². The van der Waals surface area contributed by atoms with Crippen LogP contribution in [0.4, 0.5) is 18.0 Å². The number of nitrogens with zero attached hydrogens (tertiary/aromatic N) is 5. The van der Waals surface area contributed by atoms with Gasteiger partial charge in [0.05, 0.1) is 35.0 Å². The minimum Gasteiger partial charge on any atom is -0.345 e. The molecule has 2 aliphatic heterocycles. The lowest BCUT2D eigenvalue weighted by molar-refractivity contribution is -0.137. The summed E-state index contributed by atoms with van der Waals surface area (Å²) in [5, 5.41) is 0.242. The monoisotopic (exact) mass is 561 g/mol. The maximum atomic E-state index is 14.2. The van der Waals surface area contributed by atoms with Gasteiger partial charge in [-0.25, -0.2) is 9.78 Å². The molecule has 1 aliphatic carbocycles. The number of allylic oxidation sites excluding steroid dienone is 2. The number of carbonyl (C=O) groups excluding carboxylic acids is 3. The molecule has 1 aromatic carbocycles. The Morgan fingerprint density at radius 2 is 1.68 bits per heavy atom. The number of likely N-dealkylation sites (tertiary alicyclic amines) is 1. The summed E-state index contributed by atoms with van der Waals surface area (Å²) < 4.78 is 46.1. The quantitative estimate of drug-likeness (QED) is 0.316. The molecule has 0 atom stereocenters. The molecule has 0 bridgehead atoms. The summed E-state index contributed by atoms with van der Waals surface area (Å²) in [5.41, 5.74) is 1.60. The zero-order valence-corrected chi connectivity index (χ0v) is 22.1. The maximum absolute atomic E-state index is 14.2. The lowest BCUT2D eigenvalue weighted by atomic mass is 9.96. The molecule has 11 heteroatoms. The van der Waals surface area contributed by atoms with Crippen molar-refractivity contribution in [3.63, 3.8) is 0 Å². The van der Waals surface area contributed by atoms with Crippen LogP contribution in [0, 0.1) is 0 Å². The second-order valence-electron chi connectivity index (χ2n) is 10.9. The van der Waals surface area contributed by atoms with E-state index in [1.165, 1.54) is 6.20 Å². The molecule has 7 rings (SSSR count). The van der Waals surface area contributed by atoms with Crippen LogP contribution in [0.3, 0.4) is 0 Å². The first-order valence-corrected chi connectivity index (χ1v) is 13.7. The average Bonchev–Trinajstić information content (AvgIpc) is 3.58. The highest BCUT2D eigenvalue weighted by Gasteiger charge is 2.38. The highest BCUT2D eigenvalue weighted by atomic mass is 19.4. The number of rotatable bonds is 2. The SMILES string of the molecule is O=C1CC(=O)C(c2cnc3ccccn23)=C1c1cn2c3c(cc(C(F)(F)F)cc13)CN(C(=O)N1CCCCC1)CC2. The third kappa shape index (κ3) is 4.13. The van der Waals surface area contributed by atoms with Crippen molar-refractivity contribution in [2.75, 3.05) is 19.6 Å². The summed E-state index contributed by atoms with van der Waals surface area (Å²) in [5.74, 6) is -0.831. The van der Waals surface area contributed by atoms with Gasteiger partial charge in [0.1, 0.15) is 5.65 Å². The van der Waals surface area contributed by atoms with Crippen LogP contribution in [0.25, 0.3) is 27.7 Å². The van der Waals surface area contributed by atoms with Crippen molar-refractivity contribution in [1.82, 2.24) is 23.8 Å². The first-order valence-electron chi connectivity index (χ1n) is 13.7. The van der Waals surface area contributed by atoms with Crippen molar-refractivity contribution in [2.24, 2.45) is 0 Å². The number of benzene rings is 1. The van der Waals surface area contributed by atoms with Crippen LogP contribution in [-0.2, 0) is 28.9 Å². The smallest absolute Gasteiger partial charge is 0.345 e. The molecule has 1 saturated heterocycles. The number of hydrogen-bond acceptors (Lipinski definition) is 4. The number of Topliss-reactive ketones (excluding diaryl/α,β-unsaturated/α-hetero) is 2. The maximum Gasteiger partial charge on any atom is 0.416 e. The van der Waals surface area contributed by atoms with Gasteiger partial charge in [0.2, 0.25) is 0 Å². The number of halogens is 3. The van der Waals surface area contributed by atoms with E-state index in [1.54, 1.807) is 44.8 Å². The highest BCUT2D eigenvalue weighted by Crippen LogP contribution is 2.43. The zero-order valence-electron chi connectivity index (χ0n) is 22.1. The minimum absolute atomic E-state index is 0.0191. The molecule has 0 unspecified atom stereocenters. The molecule has 1 fully saturated rings. The molecule has 0 spiro atoms. The molecule has 4 aromatic rings. The van der Waals surface area contributed by atoms with Crippen LogP contribution in [-0.4, -0.2) is 61.0 Å². The largest absolute Gasteiger partial charge is 0.416 e. The predicted octanol–water partition coefficient (Wildman–Crippen LogP) is 5.18. The Balaban J connectivity index is 1.42. The number of carbonyl (C=O) groups is 3. The molecule has 3 aliphatic rings. The van der Waals surface area contributed by atoms with Gasteiger partial charge in [-0.3, -0.25) is 14.0 Å². The van der Waals surface area contributed by atoms with E-state index < -0.39 is 23.3 Å². The number of imidazole rings is 1. The molecule has 2 amide bonds. The average molecular weight is 562 g/mol. The summed E-state index contributed by atoms with van der Waals surface area (Å²) in [7, 11) is 0. The van der Waals surface area contributed by atoms with Gasteiger partial charge in [0.15, 0.2) is 11.6 Å². The van der Waals surface area contributed by atoms with E-state index in [1.807, 2.05) is 4.57 Å². The molecular weight excluding hydrogens is 535 g/mol. The summed E-state index contributed by atoms with van der Waals surface area (Å²) in [6, 6.07) is 7.33. The Morgan fingerprint density at radius 1 is 0.902 bits per heavy atom. The summed E-state index contributed by atoms with van der Waals surface area (Å²) in [4.78, 5) is 47.6. The van der Waals surface area contributed by atoms with E-state index in [9.17, 15) is 27.6 Å². The number of pyridine rings is 1. The van der Waals surface area contributed by atoms with Crippen LogP contribution in [0.15, 0.2) is 48.9 Å². The van der Waals surface area contributed by atoms with E-state index in [4.69, 9.17) is 0 Å². The molecule has 3 aromatic heterocycles. The van der Waals surface area contributed by atoms with Gasteiger partial charge in [-0.2, -0.15) is 13.2 Å². The van der Waals surface area contributed by atoms with Crippen LogP contribution >= 0.6 is 0 Å². The summed E-state index contributed by atoms with van der Waals surface area (Å²) >= 11 is 0. The Morgan fingerprint density at radius 3 is 2.46 bits per heavy atom. The summed E-state index contributed by atoms with van der Waals surface area (Å²) in [6.07, 6.45) is 2.78. The molecule has 8 nitrogen and oxygen atoms in total. The first kappa shape index (κ1) is 25.6. The minimum atomic E-state index is -4.65. The fraction of sp³-hybridized carbons (Fsp3) is 0.333. The second-order valence-corrected chi connectivity index (χ2v) is 10.9. The molecule has 0 radical (unpaired) electrons. The Hall–Kier alpha value is -4.41. The highest BCUT2D eigenvalue weighted by molar-refractivity contribution is 6.51. The second kappa shape index (κ2) is 9.32. The van der Waals surface area contributed by atoms with Crippen molar-refractivity contribution >= 4 is 45.3 Å². The Kier molecular flexibility index (Phi) is 5.81. The number of hydrogen-bond donors (Lipinski definition) is 0. The van der Waals surface area contributed by atoms with Crippen molar-refractivity contribution in [1.29, 1.82) is 0 Å². The van der Waals surface area contributed by atoms with E-state index in [0.717, 1.165) is 31.4 Å². The predicted molar refractivity (Wildman–Crippen MR) is 145 cm³/mol. The van der Waals surface area contributed by atoms with Gasteiger partial charge in [0, 0.05) is 61.6 Å². The Bertz CT molecular complexity index is 1790. The molecular formula is C30H26F3N5O3. The molecule has 0 saturated carbocycles. The number of alkyl halides is 3. The van der Waals surface area contributed by atoms with E-state index in [0.29, 0.717) is 54.2 Å². The summed E-state index contributed by atoms with van der Waals surface area (Å²) in [6.45, 7) is 1.95. The standard InChI is InChI=1S/C30H26F3N5O3/c31-30(32,33)19-12-18-16-37(29(41)35-7-3-1-4-8-35)11-10-36-17-21(20(13-19)28(18)36)26-23(39)14-24(40)27(26)22-15-34-25-6-2-5-9-38(22)25/h2,5-6,9,12-13,15,17H,1,3-4,7-8,10-11,14,16H2. The van der Waals surface area contributed by atoms with Gasteiger partial charge in [-0.15, -0.1) is 0 Å². The van der Waals surface area contributed by atoms with Crippen molar-refractivity contribution in [3.8, 4) is 0 Å². The van der Waals surface area contributed by atoms with E-state index in [2.05, 4.69) is 4.98 Å². The number of fused-ring (bicyclic) bond motifs is 1. The molecule has 210 valence electrons. The first-order chi connectivity index (χ1) is 19.7. The van der Waals surface area contributed by atoms with Crippen molar-refractivity contribution in [2.45, 2.75) is 44.9 Å². The zero-order chi connectivity index (χ0) is 28.5. The number of ketones is 2. The van der Waals surface area contributed by atoms with Gasteiger partial charge in [0.25, 0.3) is 0 Å². The lowest BCUT2D eigenvalue weighted by Gasteiger charge is -2.32.